The topological polar surface area (TPSA) is 84.4 Å². The van der Waals surface area contributed by atoms with Gasteiger partial charge in [0.05, 0.1) is 25.1 Å². The van der Waals surface area contributed by atoms with Gasteiger partial charge < -0.3 is 15.0 Å². The lowest BCUT2D eigenvalue weighted by atomic mass is 10.2. The second kappa shape index (κ2) is 8.77. The van der Waals surface area contributed by atoms with Gasteiger partial charge in [-0.05, 0) is 24.6 Å². The molecule has 1 amide bonds. The van der Waals surface area contributed by atoms with Crippen LogP contribution in [0.15, 0.2) is 36.7 Å². The molecule has 0 unspecified atom stereocenters. The minimum atomic E-state index is -0.411. The molecule has 25 heavy (non-hydrogen) atoms. The first kappa shape index (κ1) is 18.4. The van der Waals surface area contributed by atoms with Crippen molar-refractivity contribution in [2.45, 2.75) is 19.8 Å². The highest BCUT2D eigenvalue weighted by Gasteiger charge is 2.13. The normalized spacial score (nSPS) is 10.2. The summed E-state index contributed by atoms with van der Waals surface area (Å²) in [5, 5.41) is 3.05. The molecule has 0 bridgehead atoms. The number of nitrogens with zero attached hydrogens (tertiary/aromatic N) is 3. The van der Waals surface area contributed by atoms with E-state index < -0.39 is 5.97 Å². The Labute approximate surface area is 147 Å². The van der Waals surface area contributed by atoms with Crippen LogP contribution in [-0.4, -0.2) is 47.4 Å². The van der Waals surface area contributed by atoms with E-state index in [1.54, 1.807) is 36.2 Å². The molecule has 0 radical (unpaired) electrons. The van der Waals surface area contributed by atoms with Crippen LogP contribution in [0.2, 0.25) is 0 Å². The molecule has 0 aliphatic rings. The number of esters is 1. The number of benzene rings is 1. The standard InChI is InChI=1S/C18H22N4O3/c1-4-5-9-22(2)17(23)15-11-20-16(12-19-15)21-14-8-6-7-13(10-14)18(24)25-3/h6-8,10-12H,4-5,9H2,1-3H3,(H,20,21). The molecule has 0 spiro atoms. The van der Waals surface area contributed by atoms with Crippen LogP contribution in [0.3, 0.4) is 0 Å². The highest BCUT2D eigenvalue weighted by atomic mass is 16.5. The third kappa shape index (κ3) is 5.00. The van der Waals surface area contributed by atoms with Gasteiger partial charge in [0.25, 0.3) is 5.91 Å². The van der Waals surface area contributed by atoms with Crippen molar-refractivity contribution in [2.75, 3.05) is 26.0 Å². The van der Waals surface area contributed by atoms with Gasteiger partial charge in [-0.25, -0.2) is 14.8 Å². The van der Waals surface area contributed by atoms with Crippen molar-refractivity contribution in [2.24, 2.45) is 0 Å². The van der Waals surface area contributed by atoms with Gasteiger partial charge >= 0.3 is 5.97 Å². The molecule has 0 saturated carbocycles. The zero-order valence-electron chi connectivity index (χ0n) is 14.7. The summed E-state index contributed by atoms with van der Waals surface area (Å²) in [5.74, 6) is -0.0826. The fourth-order valence-electron chi connectivity index (χ4n) is 2.19. The Hall–Kier alpha value is -2.96. The summed E-state index contributed by atoms with van der Waals surface area (Å²) >= 11 is 0. The third-order valence-corrected chi connectivity index (χ3v) is 3.62. The Balaban J connectivity index is 2.05. The highest BCUT2D eigenvalue weighted by Crippen LogP contribution is 2.16. The average Bonchev–Trinajstić information content (AvgIpc) is 2.65. The average molecular weight is 342 g/mol. The van der Waals surface area contributed by atoms with Crippen LogP contribution >= 0.6 is 0 Å². The SMILES string of the molecule is CCCCN(C)C(=O)c1cnc(Nc2cccc(C(=O)OC)c2)cn1. The van der Waals surface area contributed by atoms with Gasteiger partial charge in [-0.15, -0.1) is 0 Å². The van der Waals surface area contributed by atoms with Gasteiger partial charge in [0.2, 0.25) is 0 Å². The number of carbonyl (C=O) groups is 2. The zero-order valence-corrected chi connectivity index (χ0v) is 14.7. The van der Waals surface area contributed by atoms with E-state index in [0.717, 1.165) is 12.8 Å². The highest BCUT2D eigenvalue weighted by molar-refractivity contribution is 5.92. The van der Waals surface area contributed by atoms with Gasteiger partial charge in [0, 0.05) is 19.3 Å². The monoisotopic (exact) mass is 342 g/mol. The molecule has 0 aliphatic heterocycles. The van der Waals surface area contributed by atoms with Gasteiger partial charge in [0.1, 0.15) is 11.5 Å². The summed E-state index contributed by atoms with van der Waals surface area (Å²) in [4.78, 5) is 33.8. The van der Waals surface area contributed by atoms with Crippen molar-refractivity contribution in [1.82, 2.24) is 14.9 Å². The van der Waals surface area contributed by atoms with E-state index in [0.29, 0.717) is 29.3 Å². The molecule has 1 aromatic heterocycles. The molecule has 1 N–H and O–H groups in total. The number of amides is 1. The number of ether oxygens (including phenoxy) is 1. The Bertz CT molecular complexity index is 731. The molecule has 132 valence electrons. The number of nitrogens with one attached hydrogen (secondary N) is 1. The van der Waals surface area contributed by atoms with Crippen molar-refractivity contribution in [1.29, 1.82) is 0 Å². The van der Waals surface area contributed by atoms with Crippen molar-refractivity contribution < 1.29 is 14.3 Å². The molecule has 2 aromatic rings. The van der Waals surface area contributed by atoms with E-state index in [4.69, 9.17) is 4.74 Å². The lowest BCUT2D eigenvalue weighted by molar-refractivity contribution is 0.0600. The Morgan fingerprint density at radius 3 is 2.68 bits per heavy atom. The lowest BCUT2D eigenvalue weighted by Crippen LogP contribution is -2.28. The maximum atomic E-state index is 12.2. The van der Waals surface area contributed by atoms with E-state index in [9.17, 15) is 9.59 Å². The first-order valence-electron chi connectivity index (χ1n) is 8.08. The van der Waals surface area contributed by atoms with Crippen LogP contribution in [0.5, 0.6) is 0 Å². The zero-order chi connectivity index (χ0) is 18.2. The van der Waals surface area contributed by atoms with Gasteiger partial charge in [-0.2, -0.15) is 0 Å². The predicted molar refractivity (Wildman–Crippen MR) is 95.0 cm³/mol. The second-order valence-electron chi connectivity index (χ2n) is 5.56. The summed E-state index contributed by atoms with van der Waals surface area (Å²) in [7, 11) is 3.09. The predicted octanol–water partition coefficient (Wildman–Crippen LogP) is 2.88. The summed E-state index contributed by atoms with van der Waals surface area (Å²) in [5.41, 5.74) is 1.41. The Morgan fingerprint density at radius 2 is 2.04 bits per heavy atom. The van der Waals surface area contributed by atoms with Crippen LogP contribution in [0.25, 0.3) is 0 Å². The maximum Gasteiger partial charge on any atom is 0.337 e. The second-order valence-corrected chi connectivity index (χ2v) is 5.56. The molecule has 0 fully saturated rings. The molecule has 0 aliphatic carbocycles. The number of anilines is 2. The number of rotatable bonds is 7. The van der Waals surface area contributed by atoms with Crippen molar-refractivity contribution in [3.8, 4) is 0 Å². The summed E-state index contributed by atoms with van der Waals surface area (Å²) in [6.07, 6.45) is 4.91. The molecular formula is C18H22N4O3. The fourth-order valence-corrected chi connectivity index (χ4v) is 2.19. The number of hydrogen-bond acceptors (Lipinski definition) is 6. The van der Waals surface area contributed by atoms with Gasteiger partial charge in [0.15, 0.2) is 0 Å². The number of unbranched alkanes of at least 4 members (excludes halogenated alkanes) is 1. The summed E-state index contributed by atoms with van der Waals surface area (Å²) < 4.78 is 4.70. The molecule has 7 nitrogen and oxygen atoms in total. The quantitative estimate of drug-likeness (QED) is 0.779. The number of hydrogen-bond donors (Lipinski definition) is 1. The van der Waals surface area contributed by atoms with Crippen LogP contribution in [-0.2, 0) is 4.74 Å². The molecule has 2 rings (SSSR count). The van der Waals surface area contributed by atoms with Crippen molar-refractivity contribution >= 4 is 23.4 Å². The lowest BCUT2D eigenvalue weighted by Gasteiger charge is -2.16. The molecule has 0 atom stereocenters. The van der Waals surface area contributed by atoms with E-state index in [-0.39, 0.29) is 5.91 Å². The summed E-state index contributed by atoms with van der Waals surface area (Å²) in [6.45, 7) is 2.77. The minimum absolute atomic E-state index is 0.153. The smallest absolute Gasteiger partial charge is 0.337 e. The van der Waals surface area contributed by atoms with Crippen LogP contribution < -0.4 is 5.32 Å². The number of carbonyl (C=O) groups excluding carboxylic acids is 2. The van der Waals surface area contributed by atoms with Crippen LogP contribution in [0, 0.1) is 0 Å². The molecule has 0 saturated heterocycles. The Kier molecular flexibility index (Phi) is 6.45. The molecule has 1 heterocycles. The van der Waals surface area contributed by atoms with E-state index in [1.807, 2.05) is 0 Å². The van der Waals surface area contributed by atoms with Gasteiger partial charge in [-0.1, -0.05) is 19.4 Å². The third-order valence-electron chi connectivity index (χ3n) is 3.62. The van der Waals surface area contributed by atoms with Crippen molar-refractivity contribution in [3.05, 3.63) is 47.9 Å². The van der Waals surface area contributed by atoms with Gasteiger partial charge in [-0.3, -0.25) is 4.79 Å². The molecule has 1 aromatic carbocycles. The first-order chi connectivity index (χ1) is 12.0. The fraction of sp³-hybridized carbons (Fsp3) is 0.333. The van der Waals surface area contributed by atoms with E-state index in [1.165, 1.54) is 19.5 Å². The largest absolute Gasteiger partial charge is 0.465 e. The number of aromatic nitrogens is 2. The number of methoxy groups -OCH3 is 1. The maximum absolute atomic E-state index is 12.2. The summed E-state index contributed by atoms with van der Waals surface area (Å²) in [6, 6.07) is 6.86. The minimum Gasteiger partial charge on any atom is -0.465 e. The van der Waals surface area contributed by atoms with E-state index in [2.05, 4.69) is 22.2 Å². The molecular weight excluding hydrogens is 320 g/mol. The van der Waals surface area contributed by atoms with Crippen molar-refractivity contribution in [3.63, 3.8) is 0 Å². The van der Waals surface area contributed by atoms with E-state index >= 15 is 0 Å². The Morgan fingerprint density at radius 1 is 1.24 bits per heavy atom. The molecule has 7 heteroatoms. The van der Waals surface area contributed by atoms with Crippen LogP contribution in [0.1, 0.15) is 40.6 Å². The first-order valence-corrected chi connectivity index (χ1v) is 8.08. The van der Waals surface area contributed by atoms with Crippen LogP contribution in [0.4, 0.5) is 11.5 Å².